The van der Waals surface area contributed by atoms with Gasteiger partial charge in [0, 0.05) is 41.8 Å². The number of phenols is 1. The highest BCUT2D eigenvalue weighted by atomic mass is 16.3. The van der Waals surface area contributed by atoms with Gasteiger partial charge in [0.25, 0.3) is 5.91 Å². The zero-order valence-corrected chi connectivity index (χ0v) is 22.2. The minimum absolute atomic E-state index is 0.00840. The molecule has 1 aliphatic carbocycles. The van der Waals surface area contributed by atoms with Crippen molar-refractivity contribution in [3.63, 3.8) is 0 Å². The molecule has 7 nitrogen and oxygen atoms in total. The van der Waals surface area contributed by atoms with Gasteiger partial charge in [0.2, 0.25) is 0 Å². The predicted octanol–water partition coefficient (Wildman–Crippen LogP) is 7.37. The van der Waals surface area contributed by atoms with Crippen LogP contribution in [0.2, 0.25) is 0 Å². The Morgan fingerprint density at radius 1 is 0.821 bits per heavy atom. The lowest BCUT2D eigenvalue weighted by atomic mass is 9.88. The van der Waals surface area contributed by atoms with Gasteiger partial charge in [0.05, 0.1) is 5.56 Å². The van der Waals surface area contributed by atoms with E-state index in [-0.39, 0.29) is 17.2 Å². The number of aromatic nitrogens is 2. The van der Waals surface area contributed by atoms with E-state index in [1.165, 1.54) is 38.5 Å². The molecule has 1 aliphatic heterocycles. The van der Waals surface area contributed by atoms with E-state index in [0.717, 1.165) is 54.5 Å². The lowest BCUT2D eigenvalue weighted by molar-refractivity contribution is 0.102. The summed E-state index contributed by atoms with van der Waals surface area (Å²) in [6, 6.07) is 20.6. The third-order valence-electron chi connectivity index (χ3n) is 7.94. The van der Waals surface area contributed by atoms with E-state index < -0.39 is 0 Å². The lowest BCUT2D eigenvalue weighted by Crippen LogP contribution is -2.30. The Balaban J connectivity index is 1.19. The summed E-state index contributed by atoms with van der Waals surface area (Å²) in [7, 11) is 0. The summed E-state index contributed by atoms with van der Waals surface area (Å²) in [5.41, 5.74) is 1.79. The summed E-state index contributed by atoms with van der Waals surface area (Å²) in [5.74, 6) is 2.85. The first-order valence-electron chi connectivity index (χ1n) is 14.2. The molecule has 6 rings (SSSR count). The number of phenolic OH excluding ortho intramolecular Hbond substituents is 1. The van der Waals surface area contributed by atoms with Crippen LogP contribution in [0.15, 0.2) is 66.7 Å². The topological polar surface area (TPSA) is 90.4 Å². The van der Waals surface area contributed by atoms with Crippen molar-refractivity contribution < 1.29 is 9.90 Å². The third kappa shape index (κ3) is 5.67. The highest BCUT2D eigenvalue weighted by Crippen LogP contribution is 2.34. The molecule has 2 heterocycles. The number of rotatable bonds is 6. The first-order chi connectivity index (χ1) is 19.1. The second-order valence-electron chi connectivity index (χ2n) is 10.7. The van der Waals surface area contributed by atoms with E-state index in [9.17, 15) is 9.90 Å². The van der Waals surface area contributed by atoms with E-state index in [2.05, 4.69) is 21.6 Å². The molecule has 7 heteroatoms. The van der Waals surface area contributed by atoms with Gasteiger partial charge in [0.15, 0.2) is 0 Å². The van der Waals surface area contributed by atoms with Gasteiger partial charge in [-0.2, -0.15) is 0 Å². The molecule has 0 atom stereocenters. The molecule has 0 unspecified atom stereocenters. The number of carbonyl (C=O) groups excluding carboxylic acids is 1. The molecule has 0 spiro atoms. The maximum Gasteiger partial charge on any atom is 0.259 e. The molecule has 0 bridgehead atoms. The number of nitrogens with one attached hydrogen (secondary N) is 2. The second kappa shape index (κ2) is 11.3. The molecule has 1 saturated carbocycles. The summed E-state index contributed by atoms with van der Waals surface area (Å²) in [6.07, 6.45) is 9.80. The molecular formula is C32H35N5O2. The summed E-state index contributed by atoms with van der Waals surface area (Å²) < 4.78 is 0. The summed E-state index contributed by atoms with van der Waals surface area (Å²) >= 11 is 0. The molecule has 0 radical (unpaired) electrons. The predicted molar refractivity (Wildman–Crippen MR) is 157 cm³/mol. The van der Waals surface area contributed by atoms with Crippen LogP contribution in [-0.2, 0) is 0 Å². The first-order valence-corrected chi connectivity index (χ1v) is 14.2. The quantitative estimate of drug-likeness (QED) is 0.245. The smallest absolute Gasteiger partial charge is 0.259 e. The zero-order valence-electron chi connectivity index (χ0n) is 22.2. The van der Waals surface area contributed by atoms with Crippen molar-refractivity contribution in [2.45, 2.75) is 57.3 Å². The molecule has 39 heavy (non-hydrogen) atoms. The fourth-order valence-corrected chi connectivity index (χ4v) is 5.77. The monoisotopic (exact) mass is 521 g/mol. The molecule has 3 aromatic carbocycles. The minimum Gasteiger partial charge on any atom is -0.506 e. The number of fused-ring (bicyclic) bond motifs is 1. The molecule has 200 valence electrons. The molecule has 4 aromatic rings. The number of benzene rings is 3. The number of hydrogen-bond acceptors (Lipinski definition) is 6. The third-order valence-corrected chi connectivity index (χ3v) is 7.94. The maximum atomic E-state index is 12.9. The first kappa shape index (κ1) is 25.2. The Bertz CT molecular complexity index is 1420. The average Bonchev–Trinajstić information content (AvgIpc) is 2.99. The van der Waals surface area contributed by atoms with Crippen LogP contribution >= 0.6 is 0 Å². The molecule has 2 aliphatic rings. The molecule has 1 saturated heterocycles. The van der Waals surface area contributed by atoms with Crippen LogP contribution in [0, 0.1) is 0 Å². The highest BCUT2D eigenvalue weighted by Gasteiger charge is 2.22. The van der Waals surface area contributed by atoms with Gasteiger partial charge in [-0.15, -0.1) is 0 Å². The van der Waals surface area contributed by atoms with Gasteiger partial charge >= 0.3 is 0 Å². The number of hydrogen-bond donors (Lipinski definition) is 3. The Morgan fingerprint density at radius 2 is 1.54 bits per heavy atom. The Hall–Kier alpha value is -4.13. The van der Waals surface area contributed by atoms with Gasteiger partial charge in [-0.1, -0.05) is 49.6 Å². The van der Waals surface area contributed by atoms with Crippen molar-refractivity contribution in [2.24, 2.45) is 0 Å². The van der Waals surface area contributed by atoms with Crippen LogP contribution in [0.5, 0.6) is 5.75 Å². The van der Waals surface area contributed by atoms with Crippen LogP contribution in [-0.4, -0.2) is 34.1 Å². The van der Waals surface area contributed by atoms with Crippen molar-refractivity contribution in [1.82, 2.24) is 9.97 Å². The van der Waals surface area contributed by atoms with Crippen molar-refractivity contribution in [1.29, 1.82) is 0 Å². The number of piperidine rings is 1. The van der Waals surface area contributed by atoms with Gasteiger partial charge in [0.1, 0.15) is 23.2 Å². The van der Waals surface area contributed by atoms with Crippen LogP contribution in [0.4, 0.5) is 23.0 Å². The molecule has 3 N–H and O–H groups in total. The van der Waals surface area contributed by atoms with Crippen molar-refractivity contribution in [3.8, 4) is 5.75 Å². The van der Waals surface area contributed by atoms with Crippen molar-refractivity contribution in [2.75, 3.05) is 28.6 Å². The Morgan fingerprint density at radius 3 is 2.33 bits per heavy atom. The molecule has 1 aromatic heterocycles. The number of amides is 1. The number of aromatic hydroxyl groups is 1. The highest BCUT2D eigenvalue weighted by molar-refractivity contribution is 6.09. The normalized spacial score (nSPS) is 16.3. The van der Waals surface area contributed by atoms with E-state index in [1.807, 2.05) is 54.6 Å². The van der Waals surface area contributed by atoms with E-state index >= 15 is 0 Å². The van der Waals surface area contributed by atoms with E-state index in [0.29, 0.717) is 17.0 Å². The molecular weight excluding hydrogens is 486 g/mol. The molecule has 1 amide bonds. The zero-order chi connectivity index (χ0) is 26.6. The lowest BCUT2D eigenvalue weighted by Gasteiger charge is -2.29. The average molecular weight is 522 g/mol. The van der Waals surface area contributed by atoms with E-state index in [1.54, 1.807) is 6.07 Å². The van der Waals surface area contributed by atoms with E-state index in [4.69, 9.17) is 9.97 Å². The standard InChI is InChI=1S/C32H35N5O2/c38-30-26-12-6-5-9-22(26)13-18-27(30)32(39)34-25-16-14-24(15-17-25)33-28-21-29(37-19-7-2-8-20-37)36-31(35-28)23-10-3-1-4-11-23/h5-6,9,12-18,21,23,38H,1-4,7-8,10-11,19-20H2,(H,34,39)(H,33,35,36). The number of anilines is 4. The van der Waals surface area contributed by atoms with Crippen molar-refractivity contribution in [3.05, 3.63) is 78.1 Å². The maximum absolute atomic E-state index is 12.9. The van der Waals surface area contributed by atoms with Gasteiger partial charge in [-0.25, -0.2) is 9.97 Å². The van der Waals surface area contributed by atoms with Crippen LogP contribution < -0.4 is 15.5 Å². The molecule has 2 fully saturated rings. The van der Waals surface area contributed by atoms with Gasteiger partial charge in [-0.3, -0.25) is 4.79 Å². The SMILES string of the molecule is O=C(Nc1ccc(Nc2cc(N3CCCCC3)nc(C3CCCCC3)n2)cc1)c1ccc2ccccc2c1O. The minimum atomic E-state index is -0.349. The van der Waals surface area contributed by atoms with Crippen LogP contribution in [0.25, 0.3) is 10.8 Å². The number of nitrogens with zero attached hydrogens (tertiary/aromatic N) is 3. The summed E-state index contributed by atoms with van der Waals surface area (Å²) in [5, 5.41) is 18.6. The Labute approximate surface area is 229 Å². The largest absolute Gasteiger partial charge is 0.506 e. The fourth-order valence-electron chi connectivity index (χ4n) is 5.77. The summed E-state index contributed by atoms with van der Waals surface area (Å²) in [6.45, 7) is 2.09. The van der Waals surface area contributed by atoms with Crippen molar-refractivity contribution >= 4 is 39.7 Å². The fraction of sp³-hybridized carbons (Fsp3) is 0.344. The second-order valence-corrected chi connectivity index (χ2v) is 10.7. The summed E-state index contributed by atoms with van der Waals surface area (Å²) in [4.78, 5) is 25.3. The van der Waals surface area contributed by atoms with Crippen LogP contribution in [0.1, 0.15) is 73.5 Å². The number of carbonyl (C=O) groups is 1. The Kier molecular flexibility index (Phi) is 7.30. The van der Waals surface area contributed by atoms with Gasteiger partial charge in [-0.05, 0) is 67.8 Å². The van der Waals surface area contributed by atoms with Gasteiger partial charge < -0.3 is 20.6 Å². The van der Waals surface area contributed by atoms with Crippen LogP contribution in [0.3, 0.4) is 0 Å².